The summed E-state index contributed by atoms with van der Waals surface area (Å²) in [5.74, 6) is -1.29. The monoisotopic (exact) mass is 547 g/mol. The van der Waals surface area contributed by atoms with E-state index in [1.54, 1.807) is 12.1 Å². The van der Waals surface area contributed by atoms with Crippen molar-refractivity contribution in [1.29, 1.82) is 0 Å². The number of sulfone groups is 1. The van der Waals surface area contributed by atoms with Crippen LogP contribution in [0.4, 0.5) is 26.3 Å². The van der Waals surface area contributed by atoms with Crippen molar-refractivity contribution in [2.45, 2.75) is 67.7 Å². The van der Waals surface area contributed by atoms with E-state index in [1.807, 2.05) is 0 Å². The fourth-order valence-electron chi connectivity index (χ4n) is 4.84. The Bertz CT molecular complexity index is 1230. The van der Waals surface area contributed by atoms with Gasteiger partial charge >= 0.3 is 12.4 Å². The maximum absolute atomic E-state index is 13.7. The molecule has 1 saturated carbocycles. The Labute approximate surface area is 211 Å². The highest BCUT2D eigenvalue weighted by Crippen LogP contribution is 2.39. The van der Waals surface area contributed by atoms with Crippen LogP contribution in [0.15, 0.2) is 47.4 Å². The van der Waals surface area contributed by atoms with Crippen molar-refractivity contribution in [3.8, 4) is 0 Å². The standard InChI is InChI=1S/C26H27F6NO3S/c27-25(28,29)18-8-11-20(22(13-18)26(30,31)32)24(34)14-21(23-3-1-2-12-33-23)17-6-9-19(10-7-17)37(35,36)15-16-4-5-16/h6-11,13,16,21,23,33H,1-5,12,14-15H2. The molecule has 0 amide bonds. The first-order valence-corrected chi connectivity index (χ1v) is 13.8. The minimum Gasteiger partial charge on any atom is -0.313 e. The van der Waals surface area contributed by atoms with Crippen LogP contribution in [0.5, 0.6) is 0 Å². The van der Waals surface area contributed by atoms with E-state index in [9.17, 15) is 39.6 Å². The number of halogens is 6. The van der Waals surface area contributed by atoms with Crippen LogP contribution in [-0.4, -0.2) is 32.5 Å². The highest BCUT2D eigenvalue weighted by molar-refractivity contribution is 7.91. The van der Waals surface area contributed by atoms with Crippen molar-refractivity contribution in [2.75, 3.05) is 12.3 Å². The van der Waals surface area contributed by atoms with Gasteiger partial charge in [-0.3, -0.25) is 4.79 Å². The van der Waals surface area contributed by atoms with Crippen LogP contribution in [0, 0.1) is 5.92 Å². The molecular weight excluding hydrogens is 520 g/mol. The second kappa shape index (κ2) is 10.4. The third-order valence-corrected chi connectivity index (χ3v) is 8.91. The van der Waals surface area contributed by atoms with Crippen molar-refractivity contribution in [3.63, 3.8) is 0 Å². The van der Waals surface area contributed by atoms with Gasteiger partial charge in [-0.25, -0.2) is 8.42 Å². The van der Waals surface area contributed by atoms with E-state index in [1.165, 1.54) is 12.1 Å². The lowest BCUT2D eigenvalue weighted by atomic mass is 9.81. The van der Waals surface area contributed by atoms with Gasteiger partial charge in [0.2, 0.25) is 0 Å². The third-order valence-electron chi connectivity index (χ3n) is 7.01. The number of nitrogens with one attached hydrogen (secondary N) is 1. The van der Waals surface area contributed by atoms with Crippen LogP contribution in [0.25, 0.3) is 0 Å². The fraction of sp³-hybridized carbons (Fsp3) is 0.500. The van der Waals surface area contributed by atoms with Gasteiger partial charge in [-0.1, -0.05) is 24.6 Å². The van der Waals surface area contributed by atoms with Crippen molar-refractivity contribution in [1.82, 2.24) is 5.32 Å². The summed E-state index contributed by atoms with van der Waals surface area (Å²) in [5.41, 5.74) is -3.34. The molecule has 4 rings (SSSR count). The summed E-state index contributed by atoms with van der Waals surface area (Å²) < 4.78 is 105. The number of carbonyl (C=O) groups is 1. The molecule has 1 aliphatic heterocycles. The van der Waals surface area contributed by atoms with E-state index in [0.717, 1.165) is 25.7 Å². The molecule has 0 spiro atoms. The molecule has 4 nitrogen and oxygen atoms in total. The molecule has 37 heavy (non-hydrogen) atoms. The van der Waals surface area contributed by atoms with Crippen molar-refractivity contribution in [3.05, 3.63) is 64.7 Å². The Morgan fingerprint density at radius 3 is 2.14 bits per heavy atom. The zero-order chi connectivity index (χ0) is 27.0. The van der Waals surface area contributed by atoms with Gasteiger partial charge in [0, 0.05) is 23.9 Å². The molecule has 0 radical (unpaired) electrons. The Morgan fingerprint density at radius 1 is 0.919 bits per heavy atom. The average molecular weight is 548 g/mol. The molecule has 0 bridgehead atoms. The summed E-state index contributed by atoms with van der Waals surface area (Å²) in [7, 11) is -3.47. The van der Waals surface area contributed by atoms with Crippen LogP contribution >= 0.6 is 0 Å². The summed E-state index contributed by atoms with van der Waals surface area (Å²) in [6.45, 7) is 0.650. The summed E-state index contributed by atoms with van der Waals surface area (Å²) >= 11 is 0. The van der Waals surface area contributed by atoms with Crippen LogP contribution in [0.1, 0.15) is 71.5 Å². The van der Waals surface area contributed by atoms with Gasteiger partial charge in [-0.05, 0) is 68.0 Å². The molecule has 2 fully saturated rings. The van der Waals surface area contributed by atoms with E-state index < -0.39 is 50.6 Å². The fourth-order valence-corrected chi connectivity index (χ4v) is 6.53. The average Bonchev–Trinajstić information content (AvgIpc) is 3.65. The van der Waals surface area contributed by atoms with E-state index in [0.29, 0.717) is 30.7 Å². The smallest absolute Gasteiger partial charge is 0.313 e. The number of hydrogen-bond donors (Lipinski definition) is 1. The molecular formula is C26H27F6NO3S. The van der Waals surface area contributed by atoms with Gasteiger partial charge in [-0.2, -0.15) is 26.3 Å². The van der Waals surface area contributed by atoms with Crippen LogP contribution < -0.4 is 5.32 Å². The number of piperidine rings is 1. The molecule has 1 N–H and O–H groups in total. The Hall–Kier alpha value is -2.40. The summed E-state index contributed by atoms with van der Waals surface area (Å²) in [5, 5.41) is 3.29. The van der Waals surface area contributed by atoms with E-state index in [2.05, 4.69) is 5.32 Å². The highest BCUT2D eigenvalue weighted by Gasteiger charge is 2.40. The zero-order valence-electron chi connectivity index (χ0n) is 19.8. The van der Waals surface area contributed by atoms with Gasteiger partial charge < -0.3 is 5.32 Å². The van der Waals surface area contributed by atoms with Gasteiger partial charge in [0.05, 0.1) is 21.8 Å². The SMILES string of the molecule is O=C(CC(c1ccc(S(=O)(=O)CC2CC2)cc1)C1CCCCN1)c1ccc(C(F)(F)F)cc1C(F)(F)F. The van der Waals surface area contributed by atoms with Gasteiger partial charge in [0.1, 0.15) is 0 Å². The third kappa shape index (κ3) is 6.73. The topological polar surface area (TPSA) is 63.2 Å². The van der Waals surface area contributed by atoms with Crippen molar-refractivity contribution in [2.24, 2.45) is 5.92 Å². The van der Waals surface area contributed by atoms with Crippen LogP contribution in [0.2, 0.25) is 0 Å². The first-order chi connectivity index (χ1) is 17.3. The van der Waals surface area contributed by atoms with Gasteiger partial charge in [0.15, 0.2) is 15.6 Å². The van der Waals surface area contributed by atoms with E-state index in [-0.39, 0.29) is 35.1 Å². The molecule has 202 valence electrons. The lowest BCUT2D eigenvalue weighted by molar-refractivity contribution is -0.143. The van der Waals surface area contributed by atoms with E-state index >= 15 is 0 Å². The minimum atomic E-state index is -5.15. The summed E-state index contributed by atoms with van der Waals surface area (Å²) in [6.07, 6.45) is -6.38. The van der Waals surface area contributed by atoms with E-state index in [4.69, 9.17) is 0 Å². The molecule has 2 aromatic carbocycles. The van der Waals surface area contributed by atoms with Gasteiger partial charge in [-0.15, -0.1) is 0 Å². The Morgan fingerprint density at radius 2 is 1.59 bits per heavy atom. The maximum atomic E-state index is 13.7. The molecule has 0 aromatic heterocycles. The maximum Gasteiger partial charge on any atom is 0.417 e. The van der Waals surface area contributed by atoms with Crippen molar-refractivity contribution >= 4 is 15.6 Å². The number of carbonyl (C=O) groups excluding carboxylic acids is 1. The predicted octanol–water partition coefficient (Wildman–Crippen LogP) is 6.41. The number of ketones is 1. The highest BCUT2D eigenvalue weighted by atomic mass is 32.2. The molecule has 1 saturated heterocycles. The first kappa shape index (κ1) is 27.6. The number of Topliss-reactive ketones (excluding diaryl/α,β-unsaturated/α-hetero) is 1. The number of hydrogen-bond acceptors (Lipinski definition) is 4. The van der Waals surface area contributed by atoms with Crippen LogP contribution in [0.3, 0.4) is 0 Å². The number of rotatable bonds is 8. The predicted molar refractivity (Wildman–Crippen MR) is 125 cm³/mol. The zero-order valence-corrected chi connectivity index (χ0v) is 20.6. The molecule has 2 unspecified atom stereocenters. The quantitative estimate of drug-likeness (QED) is 0.307. The molecule has 2 atom stereocenters. The lowest BCUT2D eigenvalue weighted by Crippen LogP contribution is -2.39. The van der Waals surface area contributed by atoms with Crippen molar-refractivity contribution < 1.29 is 39.6 Å². The minimum absolute atomic E-state index is 0.0272. The summed E-state index contributed by atoms with van der Waals surface area (Å²) in [6, 6.07) is 6.84. The molecule has 2 aromatic rings. The second-order valence-electron chi connectivity index (χ2n) is 9.84. The molecule has 1 heterocycles. The molecule has 2 aliphatic rings. The first-order valence-electron chi connectivity index (χ1n) is 12.1. The number of benzene rings is 2. The largest absolute Gasteiger partial charge is 0.417 e. The Balaban J connectivity index is 1.64. The van der Waals surface area contributed by atoms with Crippen LogP contribution in [-0.2, 0) is 22.2 Å². The molecule has 1 aliphatic carbocycles. The second-order valence-corrected chi connectivity index (χ2v) is 11.9. The Kier molecular flexibility index (Phi) is 7.77. The normalized spacial score (nSPS) is 20.0. The van der Waals surface area contributed by atoms with Gasteiger partial charge in [0.25, 0.3) is 0 Å². The number of alkyl halides is 6. The lowest BCUT2D eigenvalue weighted by Gasteiger charge is -2.32. The molecule has 11 heteroatoms. The summed E-state index contributed by atoms with van der Waals surface area (Å²) in [4.78, 5) is 13.3.